The fourth-order valence-electron chi connectivity index (χ4n) is 7.85. The van der Waals surface area contributed by atoms with Crippen molar-refractivity contribution in [1.82, 2.24) is 0 Å². The number of carbonyl (C=O) groups excluding carboxylic acids is 4. The number of aliphatic hydroxyl groups is 2. The highest BCUT2D eigenvalue weighted by molar-refractivity contribution is 6.24. The summed E-state index contributed by atoms with van der Waals surface area (Å²) in [4.78, 5) is 52.7. The van der Waals surface area contributed by atoms with Crippen LogP contribution in [0.3, 0.4) is 0 Å². The minimum Gasteiger partial charge on any atom is -0.492 e. The van der Waals surface area contributed by atoms with Gasteiger partial charge >= 0.3 is 11.9 Å². The topological polar surface area (TPSA) is 155 Å². The zero-order valence-electron chi connectivity index (χ0n) is 27.3. The van der Waals surface area contributed by atoms with E-state index < -0.39 is 82.5 Å². The predicted molar refractivity (Wildman–Crippen MR) is 157 cm³/mol. The van der Waals surface area contributed by atoms with Gasteiger partial charge in [0, 0.05) is 37.5 Å². The number of esters is 2. The number of allylic oxidation sites excluding steroid dienone is 3. The van der Waals surface area contributed by atoms with E-state index in [2.05, 4.69) is 0 Å². The number of rotatable bonds is 7. The third kappa shape index (κ3) is 5.41. The van der Waals surface area contributed by atoms with Gasteiger partial charge in [0.15, 0.2) is 11.5 Å². The van der Waals surface area contributed by atoms with Crippen LogP contribution in [0.5, 0.6) is 0 Å². The van der Waals surface area contributed by atoms with Crippen LogP contribution < -0.4 is 0 Å². The summed E-state index contributed by atoms with van der Waals surface area (Å²) in [5.41, 5.74) is -3.01. The second-order valence-electron chi connectivity index (χ2n) is 13.5. The molecule has 2 aliphatic heterocycles. The Morgan fingerprint density at radius 3 is 2.27 bits per heavy atom. The van der Waals surface area contributed by atoms with Gasteiger partial charge in [-0.05, 0) is 53.0 Å². The van der Waals surface area contributed by atoms with Gasteiger partial charge in [-0.1, -0.05) is 19.9 Å². The summed E-state index contributed by atoms with van der Waals surface area (Å²) in [5.74, 6) is -4.57. The quantitative estimate of drug-likeness (QED) is 0.245. The summed E-state index contributed by atoms with van der Waals surface area (Å²) in [6, 6.07) is 0. The van der Waals surface area contributed by atoms with Gasteiger partial charge in [-0.25, -0.2) is 0 Å². The smallest absolute Gasteiger partial charge is 0.303 e. The van der Waals surface area contributed by atoms with E-state index in [1.54, 1.807) is 47.6 Å². The lowest BCUT2D eigenvalue weighted by Gasteiger charge is -2.63. The van der Waals surface area contributed by atoms with Crippen LogP contribution in [-0.2, 0) is 42.9 Å². The van der Waals surface area contributed by atoms with Gasteiger partial charge in [0.1, 0.15) is 17.8 Å². The fraction of sp³-hybridized carbons (Fsp3) is 0.697. The first-order valence-electron chi connectivity index (χ1n) is 15.2. The van der Waals surface area contributed by atoms with Gasteiger partial charge < -0.3 is 33.9 Å². The summed E-state index contributed by atoms with van der Waals surface area (Å²) in [6.45, 7) is 14.6. The Bertz CT molecular complexity index is 1330. The molecule has 0 bridgehead atoms. The van der Waals surface area contributed by atoms with Crippen molar-refractivity contribution in [3.05, 3.63) is 34.3 Å². The Balaban J connectivity index is 1.82. The fourth-order valence-corrected chi connectivity index (χ4v) is 7.85. The van der Waals surface area contributed by atoms with Crippen LogP contribution in [-0.4, -0.2) is 82.5 Å². The highest BCUT2D eigenvalue weighted by Crippen LogP contribution is 2.60. The zero-order valence-corrected chi connectivity index (χ0v) is 27.3. The second-order valence-corrected chi connectivity index (χ2v) is 13.5. The predicted octanol–water partition coefficient (Wildman–Crippen LogP) is 3.25. The van der Waals surface area contributed by atoms with Crippen LogP contribution in [0.15, 0.2) is 34.3 Å². The van der Waals surface area contributed by atoms with E-state index in [0.29, 0.717) is 18.4 Å². The van der Waals surface area contributed by atoms with Crippen molar-refractivity contribution in [1.29, 1.82) is 0 Å². The average molecular weight is 619 g/mol. The van der Waals surface area contributed by atoms with Crippen LogP contribution in [0.2, 0.25) is 0 Å². The molecule has 0 aromatic carbocycles. The maximum atomic E-state index is 14.2. The molecule has 11 heteroatoms. The van der Waals surface area contributed by atoms with Crippen molar-refractivity contribution < 1.29 is 53.1 Å². The number of hydrogen-bond acceptors (Lipinski definition) is 11. The maximum absolute atomic E-state index is 14.2. The monoisotopic (exact) mass is 618 g/mol. The molecule has 0 spiro atoms. The van der Waals surface area contributed by atoms with Crippen molar-refractivity contribution in [2.45, 2.75) is 123 Å². The molecule has 0 aromatic rings. The Morgan fingerprint density at radius 1 is 1.11 bits per heavy atom. The van der Waals surface area contributed by atoms with Gasteiger partial charge in [-0.15, -0.1) is 0 Å². The molecule has 2 heterocycles. The molecule has 2 aliphatic carbocycles. The molecule has 9 atom stereocenters. The summed E-state index contributed by atoms with van der Waals surface area (Å²) >= 11 is 0. The summed E-state index contributed by atoms with van der Waals surface area (Å²) in [7, 11) is 1.27. The molecule has 0 unspecified atom stereocenters. The first-order valence-corrected chi connectivity index (χ1v) is 15.2. The molecule has 4 rings (SSSR count). The van der Waals surface area contributed by atoms with Crippen LogP contribution in [0.1, 0.15) is 81.6 Å². The Morgan fingerprint density at radius 2 is 1.75 bits per heavy atom. The first-order chi connectivity index (χ1) is 20.3. The Hall–Kier alpha value is -3.02. The van der Waals surface area contributed by atoms with Crippen LogP contribution >= 0.6 is 0 Å². The third-order valence-electron chi connectivity index (χ3n) is 10.1. The molecule has 1 saturated carbocycles. The second kappa shape index (κ2) is 11.7. The largest absolute Gasteiger partial charge is 0.492 e. The summed E-state index contributed by atoms with van der Waals surface area (Å²) in [5, 5.41) is 22.9. The van der Waals surface area contributed by atoms with Gasteiger partial charge in [0.05, 0.1) is 42.2 Å². The van der Waals surface area contributed by atoms with E-state index in [0.717, 1.165) is 0 Å². The van der Waals surface area contributed by atoms with Crippen molar-refractivity contribution >= 4 is 23.5 Å². The van der Waals surface area contributed by atoms with Crippen LogP contribution in [0.25, 0.3) is 0 Å². The van der Waals surface area contributed by atoms with E-state index >= 15 is 0 Å². The number of carbonyl (C=O) groups is 4. The van der Waals surface area contributed by atoms with Crippen LogP contribution in [0.4, 0.5) is 0 Å². The Kier molecular flexibility index (Phi) is 9.02. The molecule has 4 aliphatic rings. The number of Topliss-reactive ketones (excluding diaryl/α,β-unsaturated/α-hetero) is 2. The van der Waals surface area contributed by atoms with E-state index in [-0.39, 0.29) is 29.1 Å². The number of fused-ring (bicyclic) bond motifs is 3. The Labute approximate surface area is 258 Å². The van der Waals surface area contributed by atoms with Crippen molar-refractivity contribution in [2.24, 2.45) is 17.3 Å². The third-order valence-corrected chi connectivity index (χ3v) is 10.1. The number of methoxy groups -OCH3 is 1. The molecular formula is C33H46O11. The lowest BCUT2D eigenvalue weighted by Crippen LogP contribution is -2.70. The zero-order chi connectivity index (χ0) is 33.1. The molecule has 0 amide bonds. The normalized spacial score (nSPS) is 35.5. The van der Waals surface area contributed by atoms with Crippen molar-refractivity contribution in [3.63, 3.8) is 0 Å². The number of aliphatic hydroxyl groups excluding tert-OH is 1. The average Bonchev–Trinajstić information content (AvgIpc) is 2.91. The molecule has 1 saturated heterocycles. The summed E-state index contributed by atoms with van der Waals surface area (Å²) in [6.07, 6.45) is -1.69. The molecule has 0 radical (unpaired) electrons. The lowest BCUT2D eigenvalue weighted by atomic mass is 9.51. The minimum absolute atomic E-state index is 0.00958. The number of hydrogen-bond donors (Lipinski definition) is 2. The summed E-state index contributed by atoms with van der Waals surface area (Å²) < 4.78 is 29.9. The van der Waals surface area contributed by atoms with E-state index in [1.165, 1.54) is 21.0 Å². The molecule has 0 aromatic heterocycles. The number of ketones is 2. The van der Waals surface area contributed by atoms with Gasteiger partial charge in [0.25, 0.3) is 0 Å². The molecule has 2 fully saturated rings. The lowest BCUT2D eigenvalue weighted by molar-refractivity contribution is -0.293. The molecule has 2 N–H and O–H groups in total. The van der Waals surface area contributed by atoms with E-state index in [4.69, 9.17) is 23.7 Å². The van der Waals surface area contributed by atoms with Crippen LogP contribution in [0, 0.1) is 17.3 Å². The van der Waals surface area contributed by atoms with Gasteiger partial charge in [-0.2, -0.15) is 0 Å². The first kappa shape index (κ1) is 33.9. The van der Waals surface area contributed by atoms with Gasteiger partial charge in [-0.3, -0.25) is 19.2 Å². The van der Waals surface area contributed by atoms with Crippen molar-refractivity contribution in [2.75, 3.05) is 7.11 Å². The number of ether oxygens (including phenoxy) is 5. The van der Waals surface area contributed by atoms with E-state index in [9.17, 15) is 29.4 Å². The maximum Gasteiger partial charge on any atom is 0.303 e. The molecule has 11 nitrogen and oxygen atoms in total. The minimum atomic E-state index is -1.50. The van der Waals surface area contributed by atoms with E-state index in [1.807, 2.05) is 6.92 Å². The van der Waals surface area contributed by atoms with Gasteiger partial charge in [0.2, 0.25) is 11.6 Å². The molecule has 244 valence electrons. The standard InChI is InChI=1S/C33H46O11/c1-11-15(2)27(42-18(5)35)16(3)22-24(36)29-23(25(37)28(22)40-10)26(38)30-32(8,44-29)13-12-19-33(30,9)21(41-17(4)34)14-20(43-19)31(6,7)39/h11,16,19-21,26-27,30,38-39H,12-14H2,1-10H3/b15-11+/t16-,19+,20+,21+,26+,27+,30+,32-,33-/m1/s1. The van der Waals surface area contributed by atoms with Crippen molar-refractivity contribution in [3.8, 4) is 0 Å². The molecular weight excluding hydrogens is 572 g/mol. The molecule has 44 heavy (non-hydrogen) atoms. The highest BCUT2D eigenvalue weighted by atomic mass is 16.6. The SMILES string of the molecule is C/C=C(\C)[C@H](OC(C)=O)[C@H](C)C1=C(OC)C(=O)C2=C(O[C@]3(C)CC[C@@H]4O[C@H](C(C)(C)O)C[C@H](OC(C)=O)[C@]4(C)[C@H]3[C@H]2O)C1=O. The highest BCUT2D eigenvalue weighted by Gasteiger charge is 2.68.